The number of nitrogens with one attached hydrogen (secondary N) is 1. The standard InChI is InChI=1S/C9H13N3S2/c1-3-5-6-10-7-14-9-11-8(12-9)13-4-2/h3,5-7,9H,1,4H2,2H3,(H,11,12)/b6-5+,10-7-. The van der Waals surface area contributed by atoms with E-state index in [-0.39, 0.29) is 5.50 Å². The van der Waals surface area contributed by atoms with E-state index in [4.69, 9.17) is 0 Å². The van der Waals surface area contributed by atoms with Crippen molar-refractivity contribution in [2.24, 2.45) is 9.98 Å². The van der Waals surface area contributed by atoms with Crippen LogP contribution in [0.15, 0.2) is 34.9 Å². The van der Waals surface area contributed by atoms with Gasteiger partial charge in [0.15, 0.2) is 10.7 Å². The van der Waals surface area contributed by atoms with Gasteiger partial charge in [-0.2, -0.15) is 0 Å². The molecule has 0 saturated heterocycles. The Morgan fingerprint density at radius 2 is 2.50 bits per heavy atom. The van der Waals surface area contributed by atoms with E-state index in [1.807, 2.05) is 0 Å². The highest BCUT2D eigenvalue weighted by atomic mass is 32.2. The molecule has 0 bridgehead atoms. The number of aliphatic imine (C=N–C) groups is 2. The van der Waals surface area contributed by atoms with E-state index in [0.29, 0.717) is 0 Å². The molecule has 0 aromatic rings. The van der Waals surface area contributed by atoms with Crippen LogP contribution in [0.25, 0.3) is 0 Å². The van der Waals surface area contributed by atoms with Crippen molar-refractivity contribution in [1.29, 1.82) is 0 Å². The summed E-state index contributed by atoms with van der Waals surface area (Å²) in [6.07, 6.45) is 5.18. The summed E-state index contributed by atoms with van der Waals surface area (Å²) in [5.74, 6) is 1.05. The van der Waals surface area contributed by atoms with Crippen LogP contribution >= 0.6 is 23.5 Å². The Morgan fingerprint density at radius 3 is 3.14 bits per heavy atom. The summed E-state index contributed by atoms with van der Waals surface area (Å²) >= 11 is 3.28. The molecule has 1 unspecified atom stereocenters. The van der Waals surface area contributed by atoms with Crippen LogP contribution in [0.3, 0.4) is 0 Å². The van der Waals surface area contributed by atoms with Crippen molar-refractivity contribution in [3.8, 4) is 0 Å². The highest BCUT2D eigenvalue weighted by Crippen LogP contribution is 2.18. The molecule has 1 heterocycles. The minimum atomic E-state index is 0.143. The van der Waals surface area contributed by atoms with E-state index in [1.165, 1.54) is 0 Å². The van der Waals surface area contributed by atoms with Gasteiger partial charge < -0.3 is 5.32 Å². The molecule has 0 aromatic carbocycles. The maximum atomic E-state index is 4.32. The van der Waals surface area contributed by atoms with Crippen molar-refractivity contribution in [2.45, 2.75) is 12.4 Å². The first-order valence-corrected chi connectivity index (χ1v) is 6.21. The average molecular weight is 227 g/mol. The first-order valence-electron chi connectivity index (χ1n) is 4.28. The third-order valence-corrected chi connectivity index (χ3v) is 2.83. The van der Waals surface area contributed by atoms with E-state index < -0.39 is 0 Å². The first kappa shape index (κ1) is 11.4. The molecule has 14 heavy (non-hydrogen) atoms. The summed E-state index contributed by atoms with van der Waals surface area (Å²) in [4.78, 5) is 8.35. The molecular weight excluding hydrogens is 214 g/mol. The molecule has 0 amide bonds. The van der Waals surface area contributed by atoms with E-state index in [9.17, 15) is 0 Å². The Labute approximate surface area is 92.9 Å². The second kappa shape index (κ2) is 6.73. The lowest BCUT2D eigenvalue weighted by Crippen LogP contribution is -2.39. The van der Waals surface area contributed by atoms with Gasteiger partial charge in [0.2, 0.25) is 0 Å². The van der Waals surface area contributed by atoms with Crippen LogP contribution in [0.5, 0.6) is 0 Å². The fourth-order valence-electron chi connectivity index (χ4n) is 0.734. The summed E-state index contributed by atoms with van der Waals surface area (Å²) in [5, 5.41) is 4.24. The van der Waals surface area contributed by atoms with Crippen molar-refractivity contribution in [2.75, 3.05) is 5.75 Å². The molecule has 1 atom stereocenters. The predicted octanol–water partition coefficient (Wildman–Crippen LogP) is 2.44. The number of nitrogens with zero attached hydrogens (tertiary/aromatic N) is 2. The Bertz CT molecular complexity index is 271. The van der Waals surface area contributed by atoms with Gasteiger partial charge in [0, 0.05) is 6.20 Å². The molecule has 0 aromatic heterocycles. The van der Waals surface area contributed by atoms with Gasteiger partial charge in [0.05, 0.1) is 5.55 Å². The molecule has 1 rings (SSSR count). The molecule has 0 saturated carbocycles. The fraction of sp³-hybridized carbons (Fsp3) is 0.333. The van der Waals surface area contributed by atoms with Crippen molar-refractivity contribution >= 4 is 34.2 Å². The number of thioether (sulfide) groups is 2. The molecule has 1 aliphatic heterocycles. The van der Waals surface area contributed by atoms with Crippen LogP contribution in [0.4, 0.5) is 0 Å². The van der Waals surface area contributed by atoms with E-state index in [2.05, 4.69) is 28.8 Å². The van der Waals surface area contributed by atoms with Crippen molar-refractivity contribution in [1.82, 2.24) is 5.32 Å². The normalized spacial score (nSPS) is 20.6. The number of amidine groups is 1. The average Bonchev–Trinajstić information content (AvgIpc) is 2.13. The molecule has 3 nitrogen and oxygen atoms in total. The molecule has 76 valence electrons. The Balaban J connectivity index is 2.14. The monoisotopic (exact) mass is 227 g/mol. The summed E-state index contributed by atoms with van der Waals surface area (Å²) < 4.78 is 0. The van der Waals surface area contributed by atoms with Crippen LogP contribution in [0.2, 0.25) is 0 Å². The van der Waals surface area contributed by atoms with E-state index in [0.717, 1.165) is 10.9 Å². The molecule has 1 aliphatic rings. The highest BCUT2D eigenvalue weighted by molar-refractivity contribution is 8.15. The van der Waals surface area contributed by atoms with Gasteiger partial charge >= 0.3 is 0 Å². The lowest BCUT2D eigenvalue weighted by molar-refractivity contribution is 0.796. The van der Waals surface area contributed by atoms with Gasteiger partial charge in [-0.15, -0.1) is 0 Å². The number of hydrogen-bond acceptors (Lipinski definition) is 5. The molecule has 0 fully saturated rings. The summed E-state index contributed by atoms with van der Waals surface area (Å²) in [7, 11) is 0. The van der Waals surface area contributed by atoms with Crippen LogP contribution in [-0.2, 0) is 0 Å². The van der Waals surface area contributed by atoms with Crippen molar-refractivity contribution in [3.63, 3.8) is 0 Å². The fourth-order valence-corrected chi connectivity index (χ4v) is 2.13. The van der Waals surface area contributed by atoms with Crippen molar-refractivity contribution in [3.05, 3.63) is 24.9 Å². The zero-order valence-electron chi connectivity index (χ0n) is 8.01. The zero-order valence-corrected chi connectivity index (χ0v) is 9.64. The second-order valence-corrected chi connectivity index (χ2v) is 4.51. The smallest absolute Gasteiger partial charge is 0.176 e. The molecule has 1 N–H and O–H groups in total. The Kier molecular flexibility index (Phi) is 5.47. The SMILES string of the molecule is C=C/C=C/N=C\SC1N=C(SCC)N1. The van der Waals surface area contributed by atoms with Gasteiger partial charge in [0.25, 0.3) is 0 Å². The largest absolute Gasteiger partial charge is 0.334 e. The molecule has 0 spiro atoms. The summed E-state index contributed by atoms with van der Waals surface area (Å²) in [5.41, 5.74) is 1.92. The third kappa shape index (κ3) is 4.02. The topological polar surface area (TPSA) is 36.8 Å². The van der Waals surface area contributed by atoms with Gasteiger partial charge in [0.1, 0.15) is 0 Å². The predicted molar refractivity (Wildman–Crippen MR) is 67.9 cm³/mol. The second-order valence-electron chi connectivity index (χ2n) is 2.33. The van der Waals surface area contributed by atoms with Crippen LogP contribution in [0, 0.1) is 0 Å². The first-order chi connectivity index (χ1) is 6.86. The van der Waals surface area contributed by atoms with Crippen LogP contribution in [-0.4, -0.2) is 22.0 Å². The minimum Gasteiger partial charge on any atom is -0.334 e. The van der Waals surface area contributed by atoms with E-state index in [1.54, 1.807) is 47.4 Å². The number of allylic oxidation sites excluding steroid dienone is 2. The third-order valence-electron chi connectivity index (χ3n) is 1.32. The lowest BCUT2D eigenvalue weighted by Gasteiger charge is -2.23. The van der Waals surface area contributed by atoms with Crippen LogP contribution in [0.1, 0.15) is 6.92 Å². The van der Waals surface area contributed by atoms with Gasteiger partial charge in [-0.25, -0.2) is 4.99 Å². The zero-order chi connectivity index (χ0) is 10.2. The number of rotatable bonds is 5. The Hall–Kier alpha value is -0.680. The van der Waals surface area contributed by atoms with Crippen LogP contribution < -0.4 is 5.32 Å². The Morgan fingerprint density at radius 1 is 1.71 bits per heavy atom. The maximum Gasteiger partial charge on any atom is 0.176 e. The van der Waals surface area contributed by atoms with Gasteiger partial charge in [-0.1, -0.05) is 43.1 Å². The molecule has 0 aliphatic carbocycles. The lowest BCUT2D eigenvalue weighted by atomic mass is 10.6. The molecule has 5 heteroatoms. The molecular formula is C9H13N3S2. The van der Waals surface area contributed by atoms with Crippen molar-refractivity contribution < 1.29 is 0 Å². The molecule has 0 radical (unpaired) electrons. The highest BCUT2D eigenvalue weighted by Gasteiger charge is 2.18. The summed E-state index contributed by atoms with van der Waals surface area (Å²) in [6.45, 7) is 5.65. The van der Waals surface area contributed by atoms with E-state index >= 15 is 0 Å². The minimum absolute atomic E-state index is 0.143. The van der Waals surface area contributed by atoms with Gasteiger partial charge in [-0.3, -0.25) is 4.99 Å². The quantitative estimate of drug-likeness (QED) is 0.445. The summed E-state index contributed by atoms with van der Waals surface area (Å²) in [6, 6.07) is 0. The maximum absolute atomic E-state index is 4.32. The number of hydrogen-bond donors (Lipinski definition) is 1. The van der Waals surface area contributed by atoms with Gasteiger partial charge in [-0.05, 0) is 11.8 Å².